The van der Waals surface area contributed by atoms with E-state index in [0.717, 1.165) is 49.5 Å². The van der Waals surface area contributed by atoms with E-state index in [1.807, 2.05) is 30.3 Å². The maximum absolute atomic E-state index is 11.1. The van der Waals surface area contributed by atoms with Crippen LogP contribution in [0.4, 0.5) is 0 Å². The molecule has 150 valence electrons. The van der Waals surface area contributed by atoms with Crippen molar-refractivity contribution in [3.8, 4) is 5.75 Å². The van der Waals surface area contributed by atoms with Crippen molar-refractivity contribution < 1.29 is 9.84 Å². The average molecular weight is 389 g/mol. The molecule has 1 aromatic heterocycles. The van der Waals surface area contributed by atoms with Crippen LogP contribution in [0.3, 0.4) is 0 Å². The molecule has 0 bridgehead atoms. The number of aliphatic hydroxyl groups is 1. The van der Waals surface area contributed by atoms with Gasteiger partial charge >= 0.3 is 0 Å². The van der Waals surface area contributed by atoms with Crippen molar-refractivity contribution in [3.63, 3.8) is 0 Å². The molecule has 4 heteroatoms. The number of aryl methyl sites for hydroxylation is 1. The Morgan fingerprint density at radius 2 is 1.69 bits per heavy atom. The number of hydrogen-bond donors (Lipinski definition) is 1. The summed E-state index contributed by atoms with van der Waals surface area (Å²) in [5, 5.41) is 11.1. The van der Waals surface area contributed by atoms with Crippen LogP contribution in [0.5, 0.6) is 5.75 Å². The Balaban J connectivity index is 1.28. The molecule has 0 aliphatic carbocycles. The molecule has 0 radical (unpaired) electrons. The van der Waals surface area contributed by atoms with Crippen molar-refractivity contribution in [1.29, 1.82) is 0 Å². The molecule has 0 unspecified atom stereocenters. The predicted octanol–water partition coefficient (Wildman–Crippen LogP) is 4.45. The summed E-state index contributed by atoms with van der Waals surface area (Å²) in [6.07, 6.45) is 3.31. The van der Waals surface area contributed by atoms with Gasteiger partial charge < -0.3 is 9.84 Å². The zero-order valence-electron chi connectivity index (χ0n) is 16.9. The lowest BCUT2D eigenvalue weighted by Gasteiger charge is -2.38. The third-order valence-electron chi connectivity index (χ3n) is 5.71. The Bertz CT molecular complexity index is 900. The first kappa shape index (κ1) is 19.6. The van der Waals surface area contributed by atoms with Crippen LogP contribution in [0.2, 0.25) is 0 Å². The molecule has 4 nitrogen and oxygen atoms in total. The lowest BCUT2D eigenvalue weighted by molar-refractivity contribution is -0.0277. The number of likely N-dealkylation sites (tertiary alicyclic amines) is 1. The predicted molar refractivity (Wildman–Crippen MR) is 115 cm³/mol. The fourth-order valence-electron chi connectivity index (χ4n) is 3.82. The van der Waals surface area contributed by atoms with E-state index in [1.165, 1.54) is 11.1 Å². The zero-order valence-corrected chi connectivity index (χ0v) is 16.9. The highest BCUT2D eigenvalue weighted by Crippen LogP contribution is 2.33. The number of nitrogens with zero attached hydrogens (tertiary/aromatic N) is 2. The normalized spacial score (nSPS) is 16.5. The molecule has 29 heavy (non-hydrogen) atoms. The summed E-state index contributed by atoms with van der Waals surface area (Å²) in [4.78, 5) is 6.68. The van der Waals surface area contributed by atoms with Crippen LogP contribution in [-0.2, 0) is 18.8 Å². The van der Waals surface area contributed by atoms with Gasteiger partial charge in [0.1, 0.15) is 12.4 Å². The molecule has 2 heterocycles. The second-order valence-electron chi connectivity index (χ2n) is 7.93. The highest BCUT2D eigenvalue weighted by Gasteiger charge is 2.33. The maximum atomic E-state index is 11.1. The summed E-state index contributed by atoms with van der Waals surface area (Å²) in [5.74, 6) is 0.854. The van der Waals surface area contributed by atoms with Crippen molar-refractivity contribution in [2.75, 3.05) is 13.1 Å². The molecular weight excluding hydrogens is 360 g/mol. The SMILES string of the molecule is Cc1ccc(C2(O)CCN(Cc3ccc(OCc4ccccn4)cc3)CC2)cc1. The van der Waals surface area contributed by atoms with Crippen molar-refractivity contribution in [1.82, 2.24) is 9.88 Å². The first-order chi connectivity index (χ1) is 14.1. The van der Waals surface area contributed by atoms with Crippen molar-refractivity contribution in [2.45, 2.75) is 38.5 Å². The van der Waals surface area contributed by atoms with E-state index in [1.54, 1.807) is 6.20 Å². The summed E-state index contributed by atoms with van der Waals surface area (Å²) >= 11 is 0. The zero-order chi connectivity index (χ0) is 20.1. The van der Waals surface area contributed by atoms with E-state index in [-0.39, 0.29) is 0 Å². The van der Waals surface area contributed by atoms with E-state index < -0.39 is 5.60 Å². The molecule has 1 N–H and O–H groups in total. The molecule has 0 spiro atoms. The fourth-order valence-corrected chi connectivity index (χ4v) is 3.82. The monoisotopic (exact) mass is 388 g/mol. The summed E-state index contributed by atoms with van der Waals surface area (Å²) < 4.78 is 5.81. The Labute approximate surface area is 172 Å². The van der Waals surface area contributed by atoms with Gasteiger partial charge in [0, 0.05) is 25.8 Å². The molecule has 0 saturated carbocycles. The van der Waals surface area contributed by atoms with Gasteiger partial charge in [-0.3, -0.25) is 9.88 Å². The van der Waals surface area contributed by atoms with Crippen LogP contribution < -0.4 is 4.74 Å². The van der Waals surface area contributed by atoms with Gasteiger partial charge in [-0.1, -0.05) is 48.0 Å². The molecule has 1 fully saturated rings. The number of piperidine rings is 1. The van der Waals surface area contributed by atoms with Gasteiger partial charge in [0.2, 0.25) is 0 Å². The highest BCUT2D eigenvalue weighted by atomic mass is 16.5. The Hall–Kier alpha value is -2.69. The molecule has 1 saturated heterocycles. The number of ether oxygens (including phenoxy) is 1. The number of pyridine rings is 1. The minimum atomic E-state index is -0.701. The number of aromatic nitrogens is 1. The Kier molecular flexibility index (Phi) is 5.93. The maximum Gasteiger partial charge on any atom is 0.130 e. The van der Waals surface area contributed by atoms with E-state index in [4.69, 9.17) is 4.74 Å². The number of benzene rings is 2. The van der Waals surface area contributed by atoms with Crippen LogP contribution in [-0.4, -0.2) is 28.1 Å². The van der Waals surface area contributed by atoms with Crippen molar-refractivity contribution in [3.05, 3.63) is 95.3 Å². The first-order valence-electron chi connectivity index (χ1n) is 10.2. The quantitative estimate of drug-likeness (QED) is 0.678. The third kappa shape index (κ3) is 5.03. The van der Waals surface area contributed by atoms with Crippen molar-refractivity contribution in [2.24, 2.45) is 0 Å². The van der Waals surface area contributed by atoms with Crippen LogP contribution in [0.1, 0.15) is 35.2 Å². The van der Waals surface area contributed by atoms with E-state index >= 15 is 0 Å². The third-order valence-corrected chi connectivity index (χ3v) is 5.71. The standard InChI is InChI=1S/C25H28N2O2/c1-20-5-9-22(10-6-20)25(28)13-16-27(17-14-25)18-21-7-11-24(12-8-21)29-19-23-4-2-3-15-26-23/h2-12,15,28H,13-14,16-19H2,1H3. The lowest BCUT2D eigenvalue weighted by Crippen LogP contribution is -2.42. The van der Waals surface area contributed by atoms with Crippen LogP contribution in [0.15, 0.2) is 72.9 Å². The molecule has 1 aliphatic heterocycles. The van der Waals surface area contributed by atoms with E-state index in [0.29, 0.717) is 6.61 Å². The summed E-state index contributed by atoms with van der Waals surface area (Å²) in [7, 11) is 0. The van der Waals surface area contributed by atoms with Crippen LogP contribution >= 0.6 is 0 Å². The molecule has 1 aliphatic rings. The fraction of sp³-hybridized carbons (Fsp3) is 0.320. The number of rotatable bonds is 6. The van der Waals surface area contributed by atoms with Gasteiger partial charge in [-0.2, -0.15) is 0 Å². The van der Waals surface area contributed by atoms with Crippen molar-refractivity contribution >= 4 is 0 Å². The van der Waals surface area contributed by atoms with Gasteiger partial charge in [0.15, 0.2) is 0 Å². The van der Waals surface area contributed by atoms with Crippen LogP contribution in [0.25, 0.3) is 0 Å². The number of hydrogen-bond acceptors (Lipinski definition) is 4. The van der Waals surface area contributed by atoms with E-state index in [2.05, 4.69) is 53.2 Å². The summed E-state index contributed by atoms with van der Waals surface area (Å²) in [5.41, 5.74) is 3.74. The average Bonchev–Trinajstić information content (AvgIpc) is 2.76. The smallest absolute Gasteiger partial charge is 0.130 e. The molecule has 0 atom stereocenters. The summed E-state index contributed by atoms with van der Waals surface area (Å²) in [6, 6.07) is 22.4. The minimum Gasteiger partial charge on any atom is -0.487 e. The highest BCUT2D eigenvalue weighted by molar-refractivity contribution is 5.29. The largest absolute Gasteiger partial charge is 0.487 e. The molecule has 0 amide bonds. The van der Waals surface area contributed by atoms with E-state index in [9.17, 15) is 5.11 Å². The van der Waals surface area contributed by atoms with Gasteiger partial charge in [0.05, 0.1) is 11.3 Å². The topological polar surface area (TPSA) is 45.6 Å². The molecule has 4 rings (SSSR count). The van der Waals surface area contributed by atoms with Gasteiger partial charge in [-0.05, 0) is 55.2 Å². The molecule has 3 aromatic rings. The van der Waals surface area contributed by atoms with Crippen LogP contribution in [0, 0.1) is 6.92 Å². The minimum absolute atomic E-state index is 0.476. The van der Waals surface area contributed by atoms with Gasteiger partial charge in [-0.25, -0.2) is 0 Å². The second kappa shape index (κ2) is 8.76. The molecule has 2 aromatic carbocycles. The lowest BCUT2D eigenvalue weighted by atomic mass is 9.84. The first-order valence-corrected chi connectivity index (χ1v) is 10.2. The molecular formula is C25H28N2O2. The van der Waals surface area contributed by atoms with Gasteiger partial charge in [0.25, 0.3) is 0 Å². The van der Waals surface area contributed by atoms with Gasteiger partial charge in [-0.15, -0.1) is 0 Å². The Morgan fingerprint density at radius 3 is 2.34 bits per heavy atom. The summed E-state index contributed by atoms with van der Waals surface area (Å²) in [6.45, 7) is 5.23. The Morgan fingerprint density at radius 1 is 0.966 bits per heavy atom. The second-order valence-corrected chi connectivity index (χ2v) is 7.93.